The summed E-state index contributed by atoms with van der Waals surface area (Å²) in [6, 6.07) is 4.49. The molecular weight excluding hydrogens is 356 g/mol. The van der Waals surface area contributed by atoms with Gasteiger partial charge in [0.2, 0.25) is 0 Å². The molecule has 1 aromatic rings. The highest BCUT2D eigenvalue weighted by molar-refractivity contribution is 8.18. The lowest BCUT2D eigenvalue weighted by atomic mass is 9.79. The number of hydrogen-bond donors (Lipinski definition) is 0. The van der Waals surface area contributed by atoms with Crippen molar-refractivity contribution in [3.05, 3.63) is 33.7 Å². The Bertz CT molecular complexity index is 813. The molecule has 1 unspecified atom stereocenters. The van der Waals surface area contributed by atoms with Crippen molar-refractivity contribution in [2.45, 2.75) is 65.8 Å². The van der Waals surface area contributed by atoms with Gasteiger partial charge in [-0.2, -0.15) is 0 Å². The second-order valence-corrected chi connectivity index (χ2v) is 9.26. The number of fused-ring (bicyclic) bond motifs is 1. The normalized spacial score (nSPS) is 23.3. The molecule has 0 saturated carbocycles. The number of carbonyl (C=O) groups is 2. The Kier molecular flexibility index (Phi) is 5.44. The van der Waals surface area contributed by atoms with Gasteiger partial charge < -0.3 is 4.90 Å². The lowest BCUT2D eigenvalue weighted by Gasteiger charge is -2.48. The van der Waals surface area contributed by atoms with E-state index in [1.807, 2.05) is 13.0 Å². The number of imide groups is 1. The van der Waals surface area contributed by atoms with Crippen LogP contribution >= 0.6 is 11.8 Å². The Balaban J connectivity index is 2.04. The predicted octanol–water partition coefficient (Wildman–Crippen LogP) is 5.55. The molecule has 1 atom stereocenters. The van der Waals surface area contributed by atoms with Gasteiger partial charge in [-0.3, -0.25) is 14.5 Å². The maximum absolute atomic E-state index is 12.4. The molecule has 3 rings (SSSR count). The average Bonchev–Trinajstić information content (AvgIpc) is 2.85. The van der Waals surface area contributed by atoms with Gasteiger partial charge in [0.05, 0.1) is 4.91 Å². The zero-order chi connectivity index (χ0) is 19.9. The minimum atomic E-state index is -0.175. The molecule has 0 aromatic heterocycles. The molecule has 27 heavy (non-hydrogen) atoms. The van der Waals surface area contributed by atoms with Crippen LogP contribution < -0.4 is 4.90 Å². The first-order valence-corrected chi connectivity index (χ1v) is 10.7. The molecule has 0 aliphatic carbocycles. The van der Waals surface area contributed by atoms with E-state index in [0.29, 0.717) is 17.4 Å². The number of aryl methyl sites for hydroxylation is 1. The maximum atomic E-state index is 12.4. The molecule has 1 saturated heterocycles. The summed E-state index contributed by atoms with van der Waals surface area (Å²) in [6.07, 6.45) is 4.11. The summed E-state index contributed by atoms with van der Waals surface area (Å²) in [4.78, 5) is 28.8. The summed E-state index contributed by atoms with van der Waals surface area (Å²) < 4.78 is 0. The van der Waals surface area contributed by atoms with Crippen molar-refractivity contribution >= 4 is 34.7 Å². The second-order valence-electron chi connectivity index (χ2n) is 8.26. The summed E-state index contributed by atoms with van der Waals surface area (Å²) in [5, 5.41) is -0.173. The summed E-state index contributed by atoms with van der Waals surface area (Å²) in [5.41, 5.74) is 4.98. The molecule has 146 valence electrons. The van der Waals surface area contributed by atoms with E-state index in [9.17, 15) is 9.59 Å². The minimum absolute atomic E-state index is 0.139. The Morgan fingerprint density at radius 3 is 2.56 bits per heavy atom. The second kappa shape index (κ2) is 7.34. The Labute approximate surface area is 167 Å². The van der Waals surface area contributed by atoms with Crippen LogP contribution in [0, 0.1) is 6.92 Å². The summed E-state index contributed by atoms with van der Waals surface area (Å²) >= 11 is 1.04. The Morgan fingerprint density at radius 1 is 1.26 bits per heavy atom. The fraction of sp³-hybridized carbons (Fsp3) is 0.545. The highest BCUT2D eigenvalue weighted by atomic mass is 32.2. The van der Waals surface area contributed by atoms with Crippen LogP contribution in [0.5, 0.6) is 0 Å². The van der Waals surface area contributed by atoms with Crippen LogP contribution in [0.25, 0.3) is 6.08 Å². The number of likely N-dealkylation sites (N-methyl/N-ethyl adjacent to an activating group) is 1. The van der Waals surface area contributed by atoms with Gasteiger partial charge >= 0.3 is 0 Å². The molecule has 0 N–H and O–H groups in total. The van der Waals surface area contributed by atoms with Crippen LogP contribution in [-0.4, -0.2) is 34.7 Å². The number of benzene rings is 1. The van der Waals surface area contributed by atoms with Crippen molar-refractivity contribution in [3.63, 3.8) is 0 Å². The number of anilines is 1. The third-order valence-electron chi connectivity index (χ3n) is 5.70. The highest BCUT2D eigenvalue weighted by Crippen LogP contribution is 2.45. The third kappa shape index (κ3) is 3.54. The van der Waals surface area contributed by atoms with E-state index in [1.165, 1.54) is 16.2 Å². The van der Waals surface area contributed by atoms with Crippen LogP contribution in [0.4, 0.5) is 10.5 Å². The highest BCUT2D eigenvalue weighted by Gasteiger charge is 2.37. The SMILES string of the molecule is CCCN1c2cc(C)c(/C=C3/SC(=O)N(CC)C3=O)cc2C(C)CC1(C)C. The van der Waals surface area contributed by atoms with Gasteiger partial charge in [-0.15, -0.1) is 0 Å². The number of hydrogen-bond acceptors (Lipinski definition) is 4. The van der Waals surface area contributed by atoms with E-state index in [-0.39, 0.29) is 16.7 Å². The van der Waals surface area contributed by atoms with E-state index < -0.39 is 0 Å². The maximum Gasteiger partial charge on any atom is 0.293 e. The monoisotopic (exact) mass is 386 g/mol. The summed E-state index contributed by atoms with van der Waals surface area (Å²) in [6.45, 7) is 14.5. The van der Waals surface area contributed by atoms with Crippen LogP contribution in [0.2, 0.25) is 0 Å². The smallest absolute Gasteiger partial charge is 0.293 e. The molecular formula is C22H30N2O2S. The number of thioether (sulfide) groups is 1. The largest absolute Gasteiger partial charge is 0.366 e. The zero-order valence-corrected chi connectivity index (χ0v) is 18.1. The van der Waals surface area contributed by atoms with Crippen molar-refractivity contribution in [1.82, 2.24) is 4.90 Å². The van der Waals surface area contributed by atoms with Gasteiger partial charge in [0.25, 0.3) is 11.1 Å². The lowest BCUT2D eigenvalue weighted by molar-refractivity contribution is -0.122. The molecule has 2 heterocycles. The predicted molar refractivity (Wildman–Crippen MR) is 114 cm³/mol. The Morgan fingerprint density at radius 2 is 1.96 bits per heavy atom. The van der Waals surface area contributed by atoms with E-state index in [0.717, 1.165) is 42.3 Å². The van der Waals surface area contributed by atoms with Crippen LogP contribution in [0.3, 0.4) is 0 Å². The van der Waals surface area contributed by atoms with Gasteiger partial charge in [-0.05, 0) is 93.1 Å². The number of carbonyl (C=O) groups excluding carboxylic acids is 2. The molecule has 0 radical (unpaired) electrons. The Hall–Kier alpha value is -1.75. The molecule has 1 fully saturated rings. The van der Waals surface area contributed by atoms with Crippen LogP contribution in [0.1, 0.15) is 70.1 Å². The first kappa shape index (κ1) is 20.0. The van der Waals surface area contributed by atoms with Gasteiger partial charge in [0, 0.05) is 24.3 Å². The average molecular weight is 387 g/mol. The molecule has 0 spiro atoms. The molecule has 2 aliphatic heterocycles. The fourth-order valence-corrected chi connectivity index (χ4v) is 5.26. The quantitative estimate of drug-likeness (QED) is 0.636. The van der Waals surface area contributed by atoms with Crippen LogP contribution in [-0.2, 0) is 4.79 Å². The van der Waals surface area contributed by atoms with Crippen molar-refractivity contribution in [2.75, 3.05) is 18.0 Å². The van der Waals surface area contributed by atoms with Gasteiger partial charge in [0.1, 0.15) is 0 Å². The van der Waals surface area contributed by atoms with E-state index in [1.54, 1.807) is 0 Å². The number of amides is 2. The van der Waals surface area contributed by atoms with Gasteiger partial charge in [-0.25, -0.2) is 0 Å². The molecule has 0 bridgehead atoms. The first-order valence-electron chi connectivity index (χ1n) is 9.87. The number of rotatable bonds is 4. The van der Waals surface area contributed by atoms with E-state index in [2.05, 4.69) is 51.7 Å². The zero-order valence-electron chi connectivity index (χ0n) is 17.3. The van der Waals surface area contributed by atoms with Crippen molar-refractivity contribution in [1.29, 1.82) is 0 Å². The molecule has 2 amide bonds. The fourth-order valence-electron chi connectivity index (χ4n) is 4.37. The summed E-state index contributed by atoms with van der Waals surface area (Å²) in [5.74, 6) is 0.285. The first-order chi connectivity index (χ1) is 12.7. The summed E-state index contributed by atoms with van der Waals surface area (Å²) in [7, 11) is 0. The van der Waals surface area contributed by atoms with Gasteiger partial charge in [-0.1, -0.05) is 13.8 Å². The third-order valence-corrected chi connectivity index (χ3v) is 6.60. The van der Waals surface area contributed by atoms with Crippen LogP contribution in [0.15, 0.2) is 17.0 Å². The number of nitrogens with zero attached hydrogens (tertiary/aromatic N) is 2. The molecule has 4 nitrogen and oxygen atoms in total. The topological polar surface area (TPSA) is 40.6 Å². The van der Waals surface area contributed by atoms with E-state index >= 15 is 0 Å². The van der Waals surface area contributed by atoms with Crippen molar-refractivity contribution < 1.29 is 9.59 Å². The van der Waals surface area contributed by atoms with Gasteiger partial charge in [0.15, 0.2) is 0 Å². The lowest BCUT2D eigenvalue weighted by Crippen LogP contribution is -2.48. The standard InChI is InChI=1S/C22H30N2O2S/c1-7-9-24-18-10-14(3)16(11-17(18)15(4)13-22(24,5)6)12-19-20(25)23(8-2)21(26)27-19/h10-12,15H,7-9,13H2,1-6H3/b19-12+. The van der Waals surface area contributed by atoms with Crippen molar-refractivity contribution in [3.8, 4) is 0 Å². The molecule has 5 heteroatoms. The molecule has 2 aliphatic rings. The van der Waals surface area contributed by atoms with Crippen molar-refractivity contribution in [2.24, 2.45) is 0 Å². The molecule has 1 aromatic carbocycles. The van der Waals surface area contributed by atoms with E-state index in [4.69, 9.17) is 0 Å². The minimum Gasteiger partial charge on any atom is -0.366 e.